The van der Waals surface area contributed by atoms with Gasteiger partial charge in [0.05, 0.1) is 25.5 Å². The van der Waals surface area contributed by atoms with Gasteiger partial charge in [0.1, 0.15) is 5.82 Å². The van der Waals surface area contributed by atoms with Gasteiger partial charge in [0.15, 0.2) is 17.2 Å². The van der Waals surface area contributed by atoms with Crippen LogP contribution in [0.15, 0.2) is 48.5 Å². The van der Waals surface area contributed by atoms with Crippen LogP contribution in [0.5, 0.6) is 11.5 Å². The van der Waals surface area contributed by atoms with Crippen LogP contribution >= 0.6 is 0 Å². The molecule has 1 aromatic heterocycles. The molecule has 0 atom stereocenters. The number of hydrogen-bond donors (Lipinski definition) is 1. The summed E-state index contributed by atoms with van der Waals surface area (Å²) < 4.78 is 52.1. The zero-order chi connectivity index (χ0) is 18.9. The Bertz CT molecular complexity index is 921. The van der Waals surface area contributed by atoms with E-state index in [0.717, 1.165) is 4.68 Å². The van der Waals surface area contributed by atoms with Crippen LogP contribution in [0.3, 0.4) is 0 Å². The van der Waals surface area contributed by atoms with Crippen molar-refractivity contribution in [1.82, 2.24) is 9.78 Å². The fourth-order valence-electron chi connectivity index (χ4n) is 2.67. The fraction of sp³-hybridized carbons (Fsp3) is 0.167. The number of benzene rings is 2. The first-order chi connectivity index (χ1) is 12.4. The molecule has 5 nitrogen and oxygen atoms in total. The highest BCUT2D eigenvalue weighted by Gasteiger charge is 2.39. The molecule has 3 aromatic rings. The van der Waals surface area contributed by atoms with Crippen molar-refractivity contribution in [1.29, 1.82) is 0 Å². The van der Waals surface area contributed by atoms with E-state index in [4.69, 9.17) is 15.2 Å². The zero-order valence-electron chi connectivity index (χ0n) is 14.0. The summed E-state index contributed by atoms with van der Waals surface area (Å²) in [6.45, 7) is 0. The molecule has 0 radical (unpaired) electrons. The van der Waals surface area contributed by atoms with Gasteiger partial charge in [-0.25, -0.2) is 4.68 Å². The lowest BCUT2D eigenvalue weighted by molar-refractivity contribution is -0.140. The van der Waals surface area contributed by atoms with E-state index in [1.54, 1.807) is 30.3 Å². The molecular formula is C18H16F3N3O2. The number of ether oxygens (including phenoxy) is 2. The maximum absolute atomic E-state index is 13.6. The number of nitrogen functional groups attached to an aromatic ring is 1. The maximum Gasteiger partial charge on any atom is 0.435 e. The molecule has 2 aromatic carbocycles. The van der Waals surface area contributed by atoms with Gasteiger partial charge < -0.3 is 15.2 Å². The van der Waals surface area contributed by atoms with Crippen molar-refractivity contribution in [2.75, 3.05) is 20.0 Å². The molecule has 0 aliphatic carbocycles. The molecule has 0 aliphatic rings. The highest BCUT2D eigenvalue weighted by atomic mass is 19.4. The second kappa shape index (κ2) is 6.62. The first-order valence-electron chi connectivity index (χ1n) is 7.60. The summed E-state index contributed by atoms with van der Waals surface area (Å²) in [6.07, 6.45) is -4.67. The van der Waals surface area contributed by atoms with Crippen LogP contribution in [0.2, 0.25) is 0 Å². The van der Waals surface area contributed by atoms with Crippen LogP contribution in [0.4, 0.5) is 19.0 Å². The SMILES string of the molecule is COc1ccc(-c2c(C(F)(F)F)nn(-c3ccccc3)c2N)cc1OC. The number of methoxy groups -OCH3 is 2. The summed E-state index contributed by atoms with van der Waals surface area (Å²) in [7, 11) is 2.85. The van der Waals surface area contributed by atoms with Crippen molar-refractivity contribution in [2.24, 2.45) is 0 Å². The first kappa shape index (κ1) is 17.7. The second-order valence-electron chi connectivity index (χ2n) is 5.42. The molecular weight excluding hydrogens is 347 g/mol. The zero-order valence-corrected chi connectivity index (χ0v) is 14.0. The summed E-state index contributed by atoms with van der Waals surface area (Å²) in [5, 5.41) is 3.72. The predicted molar refractivity (Wildman–Crippen MR) is 91.5 cm³/mol. The second-order valence-corrected chi connectivity index (χ2v) is 5.42. The Hall–Kier alpha value is -3.16. The molecule has 0 saturated carbocycles. The molecule has 0 amide bonds. The largest absolute Gasteiger partial charge is 0.493 e. The predicted octanol–water partition coefficient (Wildman–Crippen LogP) is 4.16. The molecule has 0 aliphatic heterocycles. The Balaban J connectivity index is 2.25. The molecule has 0 bridgehead atoms. The van der Waals surface area contributed by atoms with Crippen molar-refractivity contribution < 1.29 is 22.6 Å². The number of nitrogens with two attached hydrogens (primary N) is 1. The smallest absolute Gasteiger partial charge is 0.435 e. The first-order valence-corrected chi connectivity index (χ1v) is 7.60. The van der Waals surface area contributed by atoms with E-state index < -0.39 is 11.9 Å². The number of nitrogens with zero attached hydrogens (tertiary/aromatic N) is 2. The Morgan fingerprint density at radius 1 is 0.962 bits per heavy atom. The van der Waals surface area contributed by atoms with E-state index >= 15 is 0 Å². The summed E-state index contributed by atoms with van der Waals surface area (Å²) in [6, 6.07) is 12.8. The van der Waals surface area contributed by atoms with Gasteiger partial charge in [-0.15, -0.1) is 0 Å². The molecule has 0 fully saturated rings. The molecule has 3 rings (SSSR count). The minimum Gasteiger partial charge on any atom is -0.493 e. The maximum atomic E-state index is 13.6. The van der Waals surface area contributed by atoms with Crippen LogP contribution in [-0.4, -0.2) is 24.0 Å². The monoisotopic (exact) mass is 363 g/mol. The van der Waals surface area contributed by atoms with Gasteiger partial charge in [-0.05, 0) is 29.8 Å². The lowest BCUT2D eigenvalue weighted by Crippen LogP contribution is -2.08. The number of aromatic nitrogens is 2. The van der Waals surface area contributed by atoms with Crippen LogP contribution in [-0.2, 0) is 6.18 Å². The topological polar surface area (TPSA) is 62.3 Å². The average Bonchev–Trinajstić information content (AvgIpc) is 2.99. The molecule has 2 N–H and O–H groups in total. The minimum absolute atomic E-state index is 0.115. The van der Waals surface area contributed by atoms with Gasteiger partial charge >= 0.3 is 6.18 Å². The highest BCUT2D eigenvalue weighted by molar-refractivity contribution is 5.79. The summed E-state index contributed by atoms with van der Waals surface area (Å²) in [4.78, 5) is 0. The Kier molecular flexibility index (Phi) is 4.50. The molecule has 1 heterocycles. The number of hydrogen-bond acceptors (Lipinski definition) is 4. The highest BCUT2D eigenvalue weighted by Crippen LogP contribution is 2.42. The van der Waals surface area contributed by atoms with Crippen LogP contribution in [0.1, 0.15) is 5.69 Å². The van der Waals surface area contributed by atoms with Crippen molar-refractivity contribution in [3.05, 3.63) is 54.2 Å². The van der Waals surface area contributed by atoms with E-state index in [2.05, 4.69) is 5.10 Å². The summed E-state index contributed by atoms with van der Waals surface area (Å²) in [5.74, 6) is 0.583. The lowest BCUT2D eigenvalue weighted by Gasteiger charge is -2.11. The third-order valence-corrected chi connectivity index (χ3v) is 3.86. The fourth-order valence-corrected chi connectivity index (χ4v) is 2.67. The molecule has 0 spiro atoms. The van der Waals surface area contributed by atoms with Gasteiger partial charge in [-0.3, -0.25) is 0 Å². The quantitative estimate of drug-likeness (QED) is 0.756. The number of halogens is 3. The van der Waals surface area contributed by atoms with Gasteiger partial charge in [-0.1, -0.05) is 24.3 Å². The third kappa shape index (κ3) is 3.05. The van der Waals surface area contributed by atoms with Crippen molar-refractivity contribution in [3.63, 3.8) is 0 Å². The van der Waals surface area contributed by atoms with Gasteiger partial charge in [0.2, 0.25) is 0 Å². The summed E-state index contributed by atoms with van der Waals surface area (Å²) in [5.41, 5.74) is 5.45. The average molecular weight is 363 g/mol. The standard InChI is InChI=1S/C18H16F3N3O2/c1-25-13-9-8-11(10-14(13)26-2)15-16(18(19,20)21)23-24(17(15)22)12-6-4-3-5-7-12/h3-10H,22H2,1-2H3. The third-order valence-electron chi connectivity index (χ3n) is 3.86. The minimum atomic E-state index is -4.67. The number of anilines is 1. The van der Waals surface area contributed by atoms with E-state index in [1.807, 2.05) is 0 Å². The van der Waals surface area contributed by atoms with E-state index in [9.17, 15) is 13.2 Å². The van der Waals surface area contributed by atoms with Crippen molar-refractivity contribution in [2.45, 2.75) is 6.18 Å². The van der Waals surface area contributed by atoms with E-state index in [1.165, 1.54) is 32.4 Å². The van der Waals surface area contributed by atoms with Crippen LogP contribution in [0.25, 0.3) is 16.8 Å². The molecule has 26 heavy (non-hydrogen) atoms. The van der Waals surface area contributed by atoms with Gasteiger partial charge in [0.25, 0.3) is 0 Å². The lowest BCUT2D eigenvalue weighted by atomic mass is 10.0. The molecule has 0 saturated heterocycles. The molecule has 0 unspecified atom stereocenters. The van der Waals surface area contributed by atoms with Crippen molar-refractivity contribution >= 4 is 5.82 Å². The number of para-hydroxylation sites is 1. The van der Waals surface area contributed by atoms with Crippen molar-refractivity contribution in [3.8, 4) is 28.3 Å². The number of rotatable bonds is 4. The Labute approximate surface area is 147 Å². The van der Waals surface area contributed by atoms with E-state index in [-0.39, 0.29) is 16.9 Å². The molecule has 8 heteroatoms. The normalized spacial score (nSPS) is 11.4. The van der Waals surface area contributed by atoms with Gasteiger partial charge in [-0.2, -0.15) is 18.3 Å². The van der Waals surface area contributed by atoms with Crippen LogP contribution < -0.4 is 15.2 Å². The molecule has 136 valence electrons. The Morgan fingerprint density at radius 3 is 2.19 bits per heavy atom. The number of alkyl halides is 3. The van der Waals surface area contributed by atoms with Crippen LogP contribution in [0, 0.1) is 0 Å². The van der Waals surface area contributed by atoms with Gasteiger partial charge in [0, 0.05) is 0 Å². The summed E-state index contributed by atoms with van der Waals surface area (Å²) >= 11 is 0. The van der Waals surface area contributed by atoms with E-state index in [0.29, 0.717) is 17.2 Å². The Morgan fingerprint density at radius 2 is 1.62 bits per heavy atom.